The second-order valence-corrected chi connectivity index (χ2v) is 10.0. The van der Waals surface area contributed by atoms with Crippen LogP contribution in [0.1, 0.15) is 0 Å². The van der Waals surface area contributed by atoms with E-state index in [2.05, 4.69) is 89.8 Å². The van der Waals surface area contributed by atoms with E-state index < -0.39 is 0 Å². The Morgan fingerprint density at radius 1 is 0.475 bits per heavy atom. The summed E-state index contributed by atoms with van der Waals surface area (Å²) in [5.41, 5.74) is 9.35. The van der Waals surface area contributed by atoms with E-state index in [9.17, 15) is 0 Å². The number of hydrogen-bond donors (Lipinski definition) is 0. The van der Waals surface area contributed by atoms with Gasteiger partial charge in [0.15, 0.2) is 0 Å². The van der Waals surface area contributed by atoms with Gasteiger partial charge in [0.25, 0.3) is 0 Å². The summed E-state index contributed by atoms with van der Waals surface area (Å²) >= 11 is 0. The number of anilines is 3. The SMILES string of the molecule is [B]c1ccc(N(c2ccc3oc4ccccc4c3c2)c2cccc3oc4ccccc4c23)c(-c2ccccc2)c1. The predicted octanol–water partition coefficient (Wildman–Crippen LogP) is 9.42. The third kappa shape index (κ3) is 3.54. The first-order chi connectivity index (χ1) is 19.7. The van der Waals surface area contributed by atoms with Crippen LogP contribution in [0.2, 0.25) is 0 Å². The number of rotatable bonds is 4. The van der Waals surface area contributed by atoms with Crippen molar-refractivity contribution in [3.8, 4) is 11.1 Å². The van der Waals surface area contributed by atoms with Crippen molar-refractivity contribution in [2.45, 2.75) is 0 Å². The van der Waals surface area contributed by atoms with Gasteiger partial charge >= 0.3 is 0 Å². The predicted molar refractivity (Wildman–Crippen MR) is 167 cm³/mol. The van der Waals surface area contributed by atoms with Gasteiger partial charge in [0.2, 0.25) is 0 Å². The largest absolute Gasteiger partial charge is 0.456 e. The maximum Gasteiger partial charge on any atom is 0.137 e. The zero-order valence-corrected chi connectivity index (χ0v) is 21.5. The van der Waals surface area contributed by atoms with Gasteiger partial charge in [-0.15, -0.1) is 0 Å². The van der Waals surface area contributed by atoms with Gasteiger partial charge in [0.05, 0.1) is 16.8 Å². The summed E-state index contributed by atoms with van der Waals surface area (Å²) in [7, 11) is 6.37. The van der Waals surface area contributed by atoms with Crippen LogP contribution in [0.3, 0.4) is 0 Å². The third-order valence-electron chi connectivity index (χ3n) is 7.59. The Morgan fingerprint density at radius 3 is 2.00 bits per heavy atom. The molecule has 0 atom stereocenters. The van der Waals surface area contributed by atoms with Crippen LogP contribution in [0.15, 0.2) is 142 Å². The molecule has 0 aliphatic rings. The Kier molecular flexibility index (Phi) is 5.07. The highest BCUT2D eigenvalue weighted by Gasteiger charge is 2.22. The lowest BCUT2D eigenvalue weighted by atomic mass is 9.90. The Hall–Kier alpha value is -5.22. The van der Waals surface area contributed by atoms with Crippen LogP contribution < -0.4 is 10.4 Å². The molecule has 0 N–H and O–H groups in total. The molecule has 4 heteroatoms. The van der Waals surface area contributed by atoms with E-state index in [0.29, 0.717) is 5.46 Å². The highest BCUT2D eigenvalue weighted by molar-refractivity contribution is 6.33. The standard InChI is InChI=1S/C36H22BNO2/c37-24-17-19-30(28(21-24)23-9-2-1-3-10-23)38(25-18-20-34-29(22-25)26-11-4-6-14-32(26)39-34)31-13-8-16-35-36(31)27-12-5-7-15-33(27)40-35/h1-22H. The fraction of sp³-hybridized carbons (Fsp3) is 0. The van der Waals surface area contributed by atoms with Crippen LogP contribution in [0, 0.1) is 0 Å². The number of benzene rings is 6. The number of furan rings is 2. The normalized spacial score (nSPS) is 11.6. The zero-order valence-electron chi connectivity index (χ0n) is 21.5. The number of para-hydroxylation sites is 2. The number of hydrogen-bond acceptors (Lipinski definition) is 3. The highest BCUT2D eigenvalue weighted by atomic mass is 16.3. The Balaban J connectivity index is 1.47. The van der Waals surface area contributed by atoms with Crippen LogP contribution in [0.5, 0.6) is 0 Å². The number of nitrogens with zero attached hydrogens (tertiary/aromatic N) is 1. The average molecular weight is 511 g/mol. The minimum atomic E-state index is 0.714. The zero-order chi connectivity index (χ0) is 26.6. The first-order valence-electron chi connectivity index (χ1n) is 13.3. The summed E-state index contributed by atoms with van der Waals surface area (Å²) in [5.74, 6) is 0. The molecule has 2 aromatic heterocycles. The van der Waals surface area contributed by atoms with Crippen molar-refractivity contribution >= 4 is 74.2 Å². The topological polar surface area (TPSA) is 29.5 Å². The van der Waals surface area contributed by atoms with Gasteiger partial charge in [0, 0.05) is 27.4 Å². The smallest absolute Gasteiger partial charge is 0.137 e. The second kappa shape index (κ2) is 8.93. The van der Waals surface area contributed by atoms with Crippen LogP contribution in [-0.4, -0.2) is 7.85 Å². The molecule has 0 fully saturated rings. The van der Waals surface area contributed by atoms with Crippen molar-refractivity contribution in [2.75, 3.05) is 4.90 Å². The van der Waals surface area contributed by atoms with E-state index in [4.69, 9.17) is 16.7 Å². The van der Waals surface area contributed by atoms with Crippen molar-refractivity contribution in [3.05, 3.63) is 133 Å². The molecule has 0 aliphatic heterocycles. The van der Waals surface area contributed by atoms with E-state index in [1.165, 1.54) is 0 Å². The molecule has 8 aromatic rings. The molecule has 6 aromatic carbocycles. The second-order valence-electron chi connectivity index (χ2n) is 10.0. The van der Waals surface area contributed by atoms with Crippen LogP contribution in [-0.2, 0) is 0 Å². The van der Waals surface area contributed by atoms with E-state index in [0.717, 1.165) is 72.1 Å². The molecule has 0 saturated carbocycles. The van der Waals surface area contributed by atoms with Gasteiger partial charge < -0.3 is 13.7 Å². The molecule has 0 bridgehead atoms. The molecule has 0 spiro atoms. The lowest BCUT2D eigenvalue weighted by Crippen LogP contribution is -2.14. The van der Waals surface area contributed by atoms with Crippen LogP contribution >= 0.6 is 0 Å². The molecule has 40 heavy (non-hydrogen) atoms. The molecule has 3 nitrogen and oxygen atoms in total. The number of fused-ring (bicyclic) bond motifs is 6. The fourth-order valence-electron chi connectivity index (χ4n) is 5.80. The average Bonchev–Trinajstić information content (AvgIpc) is 3.57. The molecule has 0 unspecified atom stereocenters. The van der Waals surface area contributed by atoms with Crippen molar-refractivity contribution in [2.24, 2.45) is 0 Å². The summed E-state index contributed by atoms with van der Waals surface area (Å²) < 4.78 is 12.5. The van der Waals surface area contributed by atoms with Crippen LogP contribution in [0.4, 0.5) is 17.1 Å². The maximum absolute atomic E-state index is 6.37. The van der Waals surface area contributed by atoms with E-state index >= 15 is 0 Å². The first kappa shape index (κ1) is 22.7. The summed E-state index contributed by atoms with van der Waals surface area (Å²) in [6, 6.07) is 45.5. The summed E-state index contributed by atoms with van der Waals surface area (Å²) in [5, 5.41) is 4.29. The molecular formula is C36H22BNO2. The lowest BCUT2D eigenvalue weighted by Gasteiger charge is -2.29. The van der Waals surface area contributed by atoms with Gasteiger partial charge in [-0.3, -0.25) is 0 Å². The van der Waals surface area contributed by atoms with Gasteiger partial charge in [-0.05, 0) is 54.1 Å². The molecule has 2 radical (unpaired) electrons. The Morgan fingerprint density at radius 2 is 1.15 bits per heavy atom. The molecule has 186 valence electrons. The van der Waals surface area contributed by atoms with Gasteiger partial charge in [-0.1, -0.05) is 90.4 Å². The monoisotopic (exact) mass is 511 g/mol. The van der Waals surface area contributed by atoms with E-state index in [1.54, 1.807) is 0 Å². The molecule has 8 rings (SSSR count). The maximum atomic E-state index is 6.37. The molecule has 0 aliphatic carbocycles. The summed E-state index contributed by atoms with van der Waals surface area (Å²) in [6.07, 6.45) is 0. The highest BCUT2D eigenvalue weighted by Crippen LogP contribution is 2.46. The van der Waals surface area contributed by atoms with Crippen LogP contribution in [0.25, 0.3) is 55.0 Å². The Labute approximate surface area is 232 Å². The van der Waals surface area contributed by atoms with Gasteiger partial charge in [0.1, 0.15) is 30.2 Å². The molecule has 0 saturated heterocycles. The van der Waals surface area contributed by atoms with Crippen molar-refractivity contribution in [3.63, 3.8) is 0 Å². The van der Waals surface area contributed by atoms with Crippen molar-refractivity contribution in [1.82, 2.24) is 0 Å². The van der Waals surface area contributed by atoms with E-state index in [-0.39, 0.29) is 0 Å². The fourth-order valence-corrected chi connectivity index (χ4v) is 5.80. The summed E-state index contributed by atoms with van der Waals surface area (Å²) in [6.45, 7) is 0. The van der Waals surface area contributed by atoms with Crippen molar-refractivity contribution in [1.29, 1.82) is 0 Å². The molecule has 2 heterocycles. The molecule has 0 amide bonds. The minimum absolute atomic E-state index is 0.714. The first-order valence-corrected chi connectivity index (χ1v) is 13.3. The third-order valence-corrected chi connectivity index (χ3v) is 7.59. The van der Waals surface area contributed by atoms with Crippen molar-refractivity contribution < 1.29 is 8.83 Å². The quantitative estimate of drug-likeness (QED) is 0.221. The Bertz CT molecular complexity index is 2190. The minimum Gasteiger partial charge on any atom is -0.456 e. The van der Waals surface area contributed by atoms with Gasteiger partial charge in [-0.2, -0.15) is 0 Å². The summed E-state index contributed by atoms with van der Waals surface area (Å²) in [4.78, 5) is 2.31. The lowest BCUT2D eigenvalue weighted by molar-refractivity contribution is 0.668. The van der Waals surface area contributed by atoms with Gasteiger partial charge in [-0.25, -0.2) is 0 Å². The molecular weight excluding hydrogens is 489 g/mol. The van der Waals surface area contributed by atoms with E-state index in [1.807, 2.05) is 48.5 Å².